The third kappa shape index (κ3) is 5.22. The van der Waals surface area contributed by atoms with Crippen LogP contribution in [0, 0.1) is 23.7 Å². The molecule has 5 unspecified atom stereocenters. The summed E-state index contributed by atoms with van der Waals surface area (Å²) in [5.74, 6) is 2.93. The molecular formula is C16H29OP. The predicted molar refractivity (Wildman–Crippen MR) is 82.8 cm³/mol. The van der Waals surface area contributed by atoms with Crippen molar-refractivity contribution in [3.05, 3.63) is 12.2 Å². The fourth-order valence-corrected chi connectivity index (χ4v) is 3.17. The lowest BCUT2D eigenvalue weighted by atomic mass is 9.88. The van der Waals surface area contributed by atoms with E-state index in [2.05, 4.69) is 35.2 Å². The van der Waals surface area contributed by atoms with Gasteiger partial charge in [-0.25, -0.2) is 0 Å². The summed E-state index contributed by atoms with van der Waals surface area (Å²) < 4.78 is 0. The number of hydrogen-bond acceptors (Lipinski definition) is 1. The highest BCUT2D eigenvalue weighted by Crippen LogP contribution is 2.35. The summed E-state index contributed by atoms with van der Waals surface area (Å²) in [6.45, 7) is 6.20. The molecule has 0 N–H and O–H groups in total. The van der Waals surface area contributed by atoms with E-state index in [4.69, 9.17) is 0 Å². The van der Waals surface area contributed by atoms with Gasteiger partial charge in [-0.05, 0) is 56.5 Å². The molecule has 2 heteroatoms. The van der Waals surface area contributed by atoms with E-state index >= 15 is 0 Å². The highest BCUT2D eigenvalue weighted by atomic mass is 31.0. The zero-order chi connectivity index (χ0) is 13.5. The van der Waals surface area contributed by atoms with Gasteiger partial charge >= 0.3 is 0 Å². The van der Waals surface area contributed by atoms with Crippen LogP contribution in [0.4, 0.5) is 0 Å². The van der Waals surface area contributed by atoms with Crippen molar-refractivity contribution >= 4 is 15.0 Å². The summed E-state index contributed by atoms with van der Waals surface area (Å²) >= 11 is 0. The summed E-state index contributed by atoms with van der Waals surface area (Å²) in [5.41, 5.74) is 0. The van der Waals surface area contributed by atoms with Crippen molar-refractivity contribution in [2.24, 2.45) is 23.7 Å². The van der Waals surface area contributed by atoms with E-state index in [-0.39, 0.29) is 5.92 Å². The number of allylic oxidation sites excluding steroid dienone is 2. The first-order valence-electron chi connectivity index (χ1n) is 7.41. The van der Waals surface area contributed by atoms with Crippen molar-refractivity contribution in [1.29, 1.82) is 0 Å². The molecule has 1 fully saturated rings. The van der Waals surface area contributed by atoms with Crippen LogP contribution in [0.25, 0.3) is 0 Å². The fraction of sp³-hybridized carbons (Fsp3) is 0.812. The molecule has 0 amide bonds. The van der Waals surface area contributed by atoms with E-state index in [1.165, 1.54) is 25.7 Å². The van der Waals surface area contributed by atoms with E-state index in [1.807, 2.05) is 0 Å². The van der Waals surface area contributed by atoms with Crippen molar-refractivity contribution in [1.82, 2.24) is 0 Å². The molecule has 0 radical (unpaired) electrons. The van der Waals surface area contributed by atoms with Gasteiger partial charge in [-0.2, -0.15) is 0 Å². The van der Waals surface area contributed by atoms with E-state index in [9.17, 15) is 4.79 Å². The molecule has 0 aromatic rings. The van der Waals surface area contributed by atoms with Crippen molar-refractivity contribution in [3.8, 4) is 0 Å². The number of ketones is 1. The Labute approximate surface area is 115 Å². The Hall–Kier alpha value is -0.160. The molecule has 0 spiro atoms. The summed E-state index contributed by atoms with van der Waals surface area (Å²) in [6.07, 6.45) is 12.1. The molecule has 18 heavy (non-hydrogen) atoms. The largest absolute Gasteiger partial charge is 0.300 e. The molecule has 0 bridgehead atoms. The molecule has 0 saturated heterocycles. The first kappa shape index (κ1) is 15.9. The van der Waals surface area contributed by atoms with Crippen LogP contribution >= 0.6 is 9.24 Å². The van der Waals surface area contributed by atoms with Crippen LogP contribution < -0.4 is 0 Å². The molecule has 0 aromatic carbocycles. The molecule has 0 aliphatic heterocycles. The summed E-state index contributed by atoms with van der Waals surface area (Å²) in [7, 11) is 2.76. The molecule has 1 aliphatic carbocycles. The van der Waals surface area contributed by atoms with Crippen molar-refractivity contribution in [3.63, 3.8) is 0 Å². The van der Waals surface area contributed by atoms with Gasteiger partial charge in [0.2, 0.25) is 0 Å². The Bertz CT molecular complexity index is 285. The highest BCUT2D eigenvalue weighted by molar-refractivity contribution is 7.16. The Morgan fingerprint density at radius 2 is 2.00 bits per heavy atom. The quantitative estimate of drug-likeness (QED) is 0.408. The van der Waals surface area contributed by atoms with E-state index in [0.717, 1.165) is 30.3 Å². The zero-order valence-electron chi connectivity index (χ0n) is 12.2. The minimum atomic E-state index is 0.254. The molecule has 1 saturated carbocycles. The maximum atomic E-state index is 11.4. The molecule has 104 valence electrons. The second-order valence-corrected chi connectivity index (χ2v) is 6.54. The van der Waals surface area contributed by atoms with Gasteiger partial charge in [-0.3, -0.25) is 4.79 Å². The number of Topliss-reactive ketones (excluding diaryl/α,β-unsaturated/α-hetero) is 1. The number of carbonyl (C=O) groups excluding carboxylic acids is 1. The zero-order valence-corrected chi connectivity index (χ0v) is 13.3. The monoisotopic (exact) mass is 268 g/mol. The first-order chi connectivity index (χ1) is 8.54. The third-order valence-corrected chi connectivity index (χ3v) is 4.84. The molecule has 0 heterocycles. The van der Waals surface area contributed by atoms with Crippen LogP contribution in [-0.4, -0.2) is 11.9 Å². The van der Waals surface area contributed by atoms with Crippen LogP contribution in [0.5, 0.6) is 0 Å². The van der Waals surface area contributed by atoms with Crippen LogP contribution in [0.15, 0.2) is 12.2 Å². The number of hydrogen-bond donors (Lipinski definition) is 0. The third-order valence-electron chi connectivity index (χ3n) is 4.57. The smallest absolute Gasteiger partial charge is 0.132 e. The van der Waals surface area contributed by atoms with E-state index in [0.29, 0.717) is 5.78 Å². The predicted octanol–water partition coefficient (Wildman–Crippen LogP) is 4.48. The number of carbonyl (C=O) groups is 1. The van der Waals surface area contributed by atoms with Crippen LogP contribution in [0.3, 0.4) is 0 Å². The fourth-order valence-electron chi connectivity index (χ4n) is 3.01. The van der Waals surface area contributed by atoms with Crippen LogP contribution in [-0.2, 0) is 4.79 Å². The Morgan fingerprint density at radius 3 is 2.61 bits per heavy atom. The molecule has 1 nitrogen and oxygen atoms in total. The lowest BCUT2D eigenvalue weighted by Gasteiger charge is -2.17. The normalized spacial score (nSPS) is 31.2. The Kier molecular flexibility index (Phi) is 7.15. The van der Waals surface area contributed by atoms with Gasteiger partial charge in [-0.15, -0.1) is 9.24 Å². The van der Waals surface area contributed by atoms with Gasteiger partial charge in [0.05, 0.1) is 0 Å². The summed E-state index contributed by atoms with van der Waals surface area (Å²) in [5, 5.41) is 0. The number of rotatable bonds is 5. The van der Waals surface area contributed by atoms with Gasteiger partial charge < -0.3 is 0 Å². The molecule has 1 aliphatic rings. The van der Waals surface area contributed by atoms with Gasteiger partial charge in [0, 0.05) is 5.92 Å². The van der Waals surface area contributed by atoms with E-state index < -0.39 is 0 Å². The maximum Gasteiger partial charge on any atom is 0.132 e. The standard InChI is InChI=1S/C16H29OP/c1-12-6-7-15(11-13(2)14(3)17)8-9-16(12)5-4-10-18/h4-5,12-13,15-16H,6-11,18H2,1-3H3. The van der Waals surface area contributed by atoms with Crippen LogP contribution in [0.1, 0.15) is 52.9 Å². The molecule has 0 aromatic heterocycles. The second-order valence-electron chi connectivity index (χ2n) is 6.07. The average Bonchev–Trinajstić information content (AvgIpc) is 2.50. The topological polar surface area (TPSA) is 17.1 Å². The van der Waals surface area contributed by atoms with Crippen molar-refractivity contribution in [2.75, 3.05) is 6.16 Å². The van der Waals surface area contributed by atoms with E-state index in [1.54, 1.807) is 6.92 Å². The van der Waals surface area contributed by atoms with Crippen molar-refractivity contribution in [2.45, 2.75) is 52.9 Å². The molecular weight excluding hydrogens is 239 g/mol. The lowest BCUT2D eigenvalue weighted by molar-refractivity contribution is -0.120. The second kappa shape index (κ2) is 8.10. The summed E-state index contributed by atoms with van der Waals surface area (Å²) in [4.78, 5) is 11.4. The van der Waals surface area contributed by atoms with Gasteiger partial charge in [-0.1, -0.05) is 32.4 Å². The SMILES string of the molecule is CC(=O)C(C)CC1CCC(C)C(C=CCP)CC1. The first-order valence-corrected chi connectivity index (χ1v) is 8.23. The Balaban J connectivity index is 2.49. The highest BCUT2D eigenvalue weighted by Gasteiger charge is 2.24. The maximum absolute atomic E-state index is 11.4. The van der Waals surface area contributed by atoms with Gasteiger partial charge in [0.25, 0.3) is 0 Å². The Morgan fingerprint density at radius 1 is 1.33 bits per heavy atom. The molecule has 1 rings (SSSR count). The molecule has 5 atom stereocenters. The van der Waals surface area contributed by atoms with Gasteiger partial charge in [0.1, 0.15) is 5.78 Å². The van der Waals surface area contributed by atoms with Crippen LogP contribution in [0.2, 0.25) is 0 Å². The lowest BCUT2D eigenvalue weighted by Crippen LogP contribution is -2.12. The average molecular weight is 268 g/mol. The van der Waals surface area contributed by atoms with Crippen molar-refractivity contribution < 1.29 is 4.79 Å². The van der Waals surface area contributed by atoms with Gasteiger partial charge in [0.15, 0.2) is 0 Å². The minimum Gasteiger partial charge on any atom is -0.300 e. The summed E-state index contributed by atoms with van der Waals surface area (Å²) in [6, 6.07) is 0. The minimum absolute atomic E-state index is 0.254.